The highest BCUT2D eigenvalue weighted by Gasteiger charge is 2.11. The molecule has 0 unspecified atom stereocenters. The van der Waals surface area contributed by atoms with E-state index in [9.17, 15) is 5.11 Å². The minimum atomic E-state index is 0.129. The number of nitrogens with zero attached hydrogens (tertiary/aromatic N) is 1. The Bertz CT molecular complexity index is 505. The number of aliphatic hydroxyl groups excluding tert-OH is 1. The van der Waals surface area contributed by atoms with Crippen LogP contribution in [0, 0.1) is 5.92 Å². The third kappa shape index (κ3) is 2.86. The highest BCUT2D eigenvalue weighted by atomic mass is 16.3. The number of para-hydroxylation sites is 1. The van der Waals surface area contributed by atoms with Crippen LogP contribution in [0.15, 0.2) is 36.5 Å². The monoisotopic (exact) mass is 244 g/mol. The van der Waals surface area contributed by atoms with E-state index in [4.69, 9.17) is 0 Å². The minimum Gasteiger partial charge on any atom is -0.395 e. The zero-order valence-corrected chi connectivity index (χ0v) is 10.9. The van der Waals surface area contributed by atoms with E-state index in [1.807, 2.05) is 18.3 Å². The summed E-state index contributed by atoms with van der Waals surface area (Å²) in [5.41, 5.74) is 2.21. The summed E-state index contributed by atoms with van der Waals surface area (Å²) in [6.07, 6.45) is 1.82. The molecule has 0 radical (unpaired) electrons. The number of aliphatic hydroxyl groups is 1. The van der Waals surface area contributed by atoms with E-state index >= 15 is 0 Å². The van der Waals surface area contributed by atoms with Gasteiger partial charge in [0.05, 0.1) is 12.1 Å². The summed E-state index contributed by atoms with van der Waals surface area (Å²) in [4.78, 5) is 4.43. The van der Waals surface area contributed by atoms with Crippen LogP contribution in [0.2, 0.25) is 0 Å². The number of fused-ring (bicyclic) bond motifs is 1. The van der Waals surface area contributed by atoms with Crippen molar-refractivity contribution in [2.24, 2.45) is 5.92 Å². The van der Waals surface area contributed by atoms with Crippen LogP contribution in [0.3, 0.4) is 0 Å². The van der Waals surface area contributed by atoms with Gasteiger partial charge >= 0.3 is 0 Å². The van der Waals surface area contributed by atoms with Crippen molar-refractivity contribution in [1.29, 1.82) is 0 Å². The second-order valence-electron chi connectivity index (χ2n) is 4.91. The predicted molar refractivity (Wildman–Crippen MR) is 74.3 cm³/mol. The van der Waals surface area contributed by atoms with Gasteiger partial charge in [-0.15, -0.1) is 0 Å². The average molecular weight is 244 g/mol. The molecule has 0 spiro atoms. The first kappa shape index (κ1) is 13.0. The van der Waals surface area contributed by atoms with Crippen LogP contribution in [0.4, 0.5) is 0 Å². The van der Waals surface area contributed by atoms with Crippen LogP contribution in [-0.4, -0.2) is 22.7 Å². The smallest absolute Gasteiger partial charge is 0.0746 e. The fourth-order valence-electron chi connectivity index (χ4n) is 2.06. The second-order valence-corrected chi connectivity index (χ2v) is 4.91. The normalized spacial score (nSPS) is 13.1. The maximum absolute atomic E-state index is 9.31. The van der Waals surface area contributed by atoms with Crippen LogP contribution < -0.4 is 5.32 Å². The summed E-state index contributed by atoms with van der Waals surface area (Å²) in [6.45, 7) is 5.11. The van der Waals surface area contributed by atoms with E-state index in [1.165, 1.54) is 5.56 Å². The van der Waals surface area contributed by atoms with E-state index in [1.54, 1.807) is 0 Å². The maximum Gasteiger partial charge on any atom is 0.0746 e. The zero-order valence-electron chi connectivity index (χ0n) is 10.9. The Morgan fingerprint density at radius 3 is 2.72 bits per heavy atom. The highest BCUT2D eigenvalue weighted by Crippen LogP contribution is 2.16. The molecule has 0 amide bonds. The summed E-state index contributed by atoms with van der Waals surface area (Å²) in [5, 5.41) is 13.9. The van der Waals surface area contributed by atoms with Crippen LogP contribution in [0.1, 0.15) is 19.4 Å². The Kier molecular flexibility index (Phi) is 4.28. The number of pyridine rings is 1. The van der Waals surface area contributed by atoms with Crippen molar-refractivity contribution in [3.05, 3.63) is 42.1 Å². The molecule has 18 heavy (non-hydrogen) atoms. The van der Waals surface area contributed by atoms with Gasteiger partial charge in [-0.1, -0.05) is 38.1 Å². The van der Waals surface area contributed by atoms with Gasteiger partial charge in [0.25, 0.3) is 0 Å². The third-order valence-corrected chi connectivity index (χ3v) is 3.27. The summed E-state index contributed by atoms with van der Waals surface area (Å²) in [7, 11) is 0. The number of rotatable bonds is 5. The van der Waals surface area contributed by atoms with Gasteiger partial charge in [-0.3, -0.25) is 4.98 Å². The molecule has 1 heterocycles. The van der Waals surface area contributed by atoms with Gasteiger partial charge in [-0.2, -0.15) is 0 Å². The molecule has 3 heteroatoms. The molecule has 96 valence electrons. The largest absolute Gasteiger partial charge is 0.395 e. The fraction of sp³-hybridized carbons (Fsp3) is 0.400. The molecule has 0 aliphatic carbocycles. The Morgan fingerprint density at radius 1 is 1.22 bits per heavy atom. The summed E-state index contributed by atoms with van der Waals surface area (Å²) in [6, 6.07) is 10.3. The van der Waals surface area contributed by atoms with E-state index in [0.29, 0.717) is 5.92 Å². The van der Waals surface area contributed by atoms with Gasteiger partial charge in [0.2, 0.25) is 0 Å². The molecule has 2 aromatic rings. The van der Waals surface area contributed by atoms with Crippen LogP contribution in [0.25, 0.3) is 10.9 Å². The molecule has 2 rings (SSSR count). The minimum absolute atomic E-state index is 0.129. The molecule has 0 fully saturated rings. The first-order valence-corrected chi connectivity index (χ1v) is 6.39. The van der Waals surface area contributed by atoms with Crippen molar-refractivity contribution < 1.29 is 5.11 Å². The van der Waals surface area contributed by atoms with Crippen LogP contribution in [0.5, 0.6) is 0 Å². The first-order chi connectivity index (χ1) is 8.72. The summed E-state index contributed by atoms with van der Waals surface area (Å²) < 4.78 is 0. The SMILES string of the molecule is CC(C)[C@@H](CO)NCc1cccc2cccnc12. The molecule has 2 N–H and O–H groups in total. The molecule has 0 saturated carbocycles. The van der Waals surface area contributed by atoms with E-state index in [2.05, 4.69) is 42.3 Å². The van der Waals surface area contributed by atoms with Gasteiger partial charge in [0.1, 0.15) is 0 Å². The molecule has 3 nitrogen and oxygen atoms in total. The lowest BCUT2D eigenvalue weighted by atomic mass is 10.0. The quantitative estimate of drug-likeness (QED) is 0.848. The molecule has 1 atom stereocenters. The third-order valence-electron chi connectivity index (χ3n) is 3.27. The van der Waals surface area contributed by atoms with Crippen molar-refractivity contribution in [1.82, 2.24) is 10.3 Å². The van der Waals surface area contributed by atoms with Crippen molar-refractivity contribution in [2.45, 2.75) is 26.4 Å². The molecule has 0 bridgehead atoms. The molecule has 1 aromatic carbocycles. The van der Waals surface area contributed by atoms with Gasteiger partial charge in [-0.05, 0) is 17.5 Å². The summed E-state index contributed by atoms with van der Waals surface area (Å²) >= 11 is 0. The van der Waals surface area contributed by atoms with Crippen LogP contribution >= 0.6 is 0 Å². The van der Waals surface area contributed by atoms with Gasteiger partial charge in [-0.25, -0.2) is 0 Å². The molecule has 0 aliphatic heterocycles. The topological polar surface area (TPSA) is 45.1 Å². The number of hydrogen-bond acceptors (Lipinski definition) is 3. The molecule has 0 saturated heterocycles. The average Bonchev–Trinajstić information content (AvgIpc) is 2.39. The molecular formula is C15H20N2O. The standard InChI is InChI=1S/C15H20N2O/c1-11(2)14(10-18)17-9-13-6-3-5-12-7-4-8-16-15(12)13/h3-8,11,14,17-18H,9-10H2,1-2H3/t14-/m1/s1. The number of benzene rings is 1. The van der Waals surface area contributed by atoms with Crippen molar-refractivity contribution >= 4 is 10.9 Å². The first-order valence-electron chi connectivity index (χ1n) is 6.39. The highest BCUT2D eigenvalue weighted by molar-refractivity contribution is 5.81. The van der Waals surface area contributed by atoms with Crippen molar-refractivity contribution in [3.63, 3.8) is 0 Å². The number of aromatic nitrogens is 1. The molecular weight excluding hydrogens is 224 g/mol. The maximum atomic E-state index is 9.31. The summed E-state index contributed by atoms with van der Waals surface area (Å²) in [5.74, 6) is 0.415. The van der Waals surface area contributed by atoms with Crippen molar-refractivity contribution in [2.75, 3.05) is 6.61 Å². The van der Waals surface area contributed by atoms with E-state index < -0.39 is 0 Å². The number of nitrogens with one attached hydrogen (secondary N) is 1. The van der Waals surface area contributed by atoms with E-state index in [-0.39, 0.29) is 12.6 Å². The Balaban J connectivity index is 2.17. The van der Waals surface area contributed by atoms with Gasteiger partial charge < -0.3 is 10.4 Å². The van der Waals surface area contributed by atoms with Gasteiger partial charge in [0.15, 0.2) is 0 Å². The van der Waals surface area contributed by atoms with Crippen molar-refractivity contribution in [3.8, 4) is 0 Å². The fourth-order valence-corrected chi connectivity index (χ4v) is 2.06. The zero-order chi connectivity index (χ0) is 13.0. The molecule has 1 aromatic heterocycles. The predicted octanol–water partition coefficient (Wildman–Crippen LogP) is 2.34. The lowest BCUT2D eigenvalue weighted by molar-refractivity contribution is 0.210. The van der Waals surface area contributed by atoms with Gasteiger partial charge in [0, 0.05) is 24.2 Å². The van der Waals surface area contributed by atoms with Crippen LogP contribution in [-0.2, 0) is 6.54 Å². The Labute approximate surface area is 108 Å². The van der Waals surface area contributed by atoms with E-state index in [0.717, 1.165) is 17.4 Å². The Hall–Kier alpha value is -1.45. The second kappa shape index (κ2) is 5.94. The lowest BCUT2D eigenvalue weighted by Gasteiger charge is -2.20. The Morgan fingerprint density at radius 2 is 2.00 bits per heavy atom. The number of hydrogen-bond donors (Lipinski definition) is 2. The lowest BCUT2D eigenvalue weighted by Crippen LogP contribution is -2.36. The molecule has 0 aliphatic rings.